The quantitative estimate of drug-likeness (QED) is 0.174. The van der Waals surface area contributed by atoms with Crippen molar-refractivity contribution in [1.82, 2.24) is 19.1 Å². The van der Waals surface area contributed by atoms with Gasteiger partial charge in [-0.15, -0.1) is 29.8 Å². The molecule has 0 atom stereocenters. The van der Waals surface area contributed by atoms with Crippen molar-refractivity contribution >= 4 is 65.7 Å². The zero-order valence-electron chi connectivity index (χ0n) is 43.7. The Morgan fingerprint density at radius 1 is 0.622 bits per heavy atom. The van der Waals surface area contributed by atoms with Gasteiger partial charge in [0.1, 0.15) is 22.8 Å². The topological polar surface area (TPSA) is 69.0 Å². The van der Waals surface area contributed by atoms with Gasteiger partial charge < -0.3 is 14.1 Å². The van der Waals surface area contributed by atoms with Crippen LogP contribution >= 0.6 is 0 Å². The van der Waals surface area contributed by atoms with Crippen molar-refractivity contribution in [3.8, 4) is 50.8 Å². The van der Waals surface area contributed by atoms with E-state index in [0.717, 1.165) is 106 Å². The van der Waals surface area contributed by atoms with Crippen LogP contribution in [0, 0.1) is 6.07 Å². The van der Waals surface area contributed by atoms with Crippen molar-refractivity contribution in [2.24, 2.45) is 0 Å². The molecule has 0 bridgehead atoms. The van der Waals surface area contributed by atoms with Crippen molar-refractivity contribution < 1.29 is 30.6 Å². The van der Waals surface area contributed by atoms with Gasteiger partial charge >= 0.3 is 0 Å². The van der Waals surface area contributed by atoms with Crippen LogP contribution in [0.5, 0.6) is 5.75 Å². The Bertz CT molecular complexity index is 4270. The molecule has 1 aliphatic carbocycles. The number of aromatic nitrogens is 4. The number of hydrogen-bond acceptors (Lipinski definition) is 4. The van der Waals surface area contributed by atoms with E-state index in [0.29, 0.717) is 11.4 Å². The Labute approximate surface area is 447 Å². The Morgan fingerprint density at radius 2 is 1.34 bits per heavy atom. The monoisotopic (exact) mass is 1150 g/mol. The summed E-state index contributed by atoms with van der Waals surface area (Å²) in [5, 5.41) is 19.4. The molecule has 1 N–H and O–H groups in total. The number of aromatic hydroxyl groups is 1. The van der Waals surface area contributed by atoms with Crippen LogP contribution < -0.4 is 0 Å². The third kappa shape index (κ3) is 7.15. The molecule has 0 aliphatic heterocycles. The van der Waals surface area contributed by atoms with E-state index in [9.17, 15) is 5.11 Å². The number of phenols is 1. The van der Waals surface area contributed by atoms with E-state index in [-0.39, 0.29) is 48.5 Å². The number of para-hydroxylation sites is 2. The molecule has 4 aromatic heterocycles. The minimum Gasteiger partial charge on any atom is -0.507 e. The van der Waals surface area contributed by atoms with Gasteiger partial charge in [0.25, 0.3) is 0 Å². The van der Waals surface area contributed by atoms with Crippen molar-refractivity contribution in [3.63, 3.8) is 0 Å². The Hall–Kier alpha value is -7.27. The third-order valence-electron chi connectivity index (χ3n) is 15.8. The average molecular weight is 1150 g/mol. The van der Waals surface area contributed by atoms with Crippen LogP contribution in [0.15, 0.2) is 162 Å². The standard InChI is InChI=1S/C67H59N4O2.Pt/c1-64(2,3)41-36-50(60(72)52(37-41)65(4,5)6)63-69-58-44(24-17-27-54(58)71(63)53-26-15-14-23-43(53)39-19-12-11-13-20-39)40-21-16-22-42(35-40)70-59-47(48-25-18-34-68-62(48)70)28-29-49-56-45-30-32-51-57(67(9,10)38-66(51,7)8)46(45)31-33-55(56)73-61(49)59;/h11-34,36-37,72H,38H2,1-10H3;/q-1;. The number of benzene rings is 8. The van der Waals surface area contributed by atoms with Gasteiger partial charge in [-0.2, -0.15) is 0 Å². The first-order valence-electron chi connectivity index (χ1n) is 25.7. The van der Waals surface area contributed by atoms with Gasteiger partial charge in [0.15, 0.2) is 5.58 Å². The van der Waals surface area contributed by atoms with Crippen molar-refractivity contribution in [2.75, 3.05) is 0 Å². The zero-order chi connectivity index (χ0) is 50.5. The molecule has 0 spiro atoms. The summed E-state index contributed by atoms with van der Waals surface area (Å²) < 4.78 is 11.5. The summed E-state index contributed by atoms with van der Waals surface area (Å²) in [6, 6.07) is 57.8. The first-order valence-corrected chi connectivity index (χ1v) is 25.7. The van der Waals surface area contributed by atoms with Crippen LogP contribution in [-0.2, 0) is 42.7 Å². The van der Waals surface area contributed by atoms with Crippen LogP contribution in [0.4, 0.5) is 0 Å². The van der Waals surface area contributed by atoms with Crippen molar-refractivity contribution in [2.45, 2.75) is 97.3 Å². The van der Waals surface area contributed by atoms with Crippen LogP contribution in [0.1, 0.15) is 97.9 Å². The molecule has 8 aromatic carbocycles. The minimum absolute atomic E-state index is 0. The van der Waals surface area contributed by atoms with E-state index in [4.69, 9.17) is 14.4 Å². The van der Waals surface area contributed by atoms with E-state index >= 15 is 0 Å². The summed E-state index contributed by atoms with van der Waals surface area (Å²) >= 11 is 0. The fourth-order valence-corrected chi connectivity index (χ4v) is 12.7. The number of phenolic OH excluding ortho intramolecular Hbond substituents is 1. The maximum absolute atomic E-state index is 12.5. The van der Waals surface area contributed by atoms with Crippen molar-refractivity contribution in [1.29, 1.82) is 0 Å². The van der Waals surface area contributed by atoms with E-state index in [1.165, 1.54) is 21.9 Å². The summed E-state index contributed by atoms with van der Waals surface area (Å²) in [7, 11) is 0. The first kappa shape index (κ1) is 47.7. The number of nitrogens with zero attached hydrogens (tertiary/aromatic N) is 4. The molecule has 13 rings (SSSR count). The van der Waals surface area contributed by atoms with E-state index in [1.54, 1.807) is 0 Å². The molecular weight excluding hydrogens is 1090 g/mol. The Morgan fingerprint density at radius 3 is 2.12 bits per heavy atom. The maximum Gasteiger partial charge on any atom is 0.160 e. The van der Waals surface area contributed by atoms with Gasteiger partial charge in [0.2, 0.25) is 0 Å². The van der Waals surface area contributed by atoms with Gasteiger partial charge in [-0.1, -0.05) is 166 Å². The number of pyridine rings is 1. The maximum atomic E-state index is 12.5. The van der Waals surface area contributed by atoms with Gasteiger partial charge in [0, 0.05) is 59.9 Å². The molecule has 74 heavy (non-hydrogen) atoms. The number of hydrogen-bond donors (Lipinski definition) is 1. The smallest absolute Gasteiger partial charge is 0.160 e. The molecule has 0 unspecified atom stereocenters. The number of fused-ring (bicyclic) bond motifs is 12. The predicted octanol–water partition coefficient (Wildman–Crippen LogP) is 17.6. The average Bonchev–Trinajstić information content (AvgIpc) is 4.11. The van der Waals surface area contributed by atoms with Gasteiger partial charge in [-0.3, -0.25) is 4.57 Å². The first-order chi connectivity index (χ1) is 34.9. The normalized spacial score (nSPS) is 14.5. The van der Waals surface area contributed by atoms with Crippen LogP contribution in [0.3, 0.4) is 0 Å². The van der Waals surface area contributed by atoms with Gasteiger partial charge in [-0.25, -0.2) is 9.97 Å². The third-order valence-corrected chi connectivity index (χ3v) is 15.8. The summed E-state index contributed by atoms with van der Waals surface area (Å²) in [6.07, 6.45) is 2.97. The molecule has 370 valence electrons. The van der Waals surface area contributed by atoms with E-state index in [1.807, 2.05) is 18.3 Å². The summed E-state index contributed by atoms with van der Waals surface area (Å²) in [6.45, 7) is 22.7. The molecule has 7 heteroatoms. The van der Waals surface area contributed by atoms with Crippen molar-refractivity contribution in [3.05, 3.63) is 186 Å². The fraction of sp³-hybridized carbons (Fsp3) is 0.224. The number of furan rings is 1. The molecule has 0 saturated carbocycles. The second-order valence-corrected chi connectivity index (χ2v) is 23.8. The zero-order valence-corrected chi connectivity index (χ0v) is 46.0. The van der Waals surface area contributed by atoms with E-state index in [2.05, 4.69) is 224 Å². The van der Waals surface area contributed by atoms with Crippen LogP contribution in [0.25, 0.3) is 111 Å². The fourth-order valence-electron chi connectivity index (χ4n) is 12.7. The largest absolute Gasteiger partial charge is 0.507 e. The van der Waals surface area contributed by atoms with Crippen LogP contribution in [-0.4, -0.2) is 24.2 Å². The second kappa shape index (κ2) is 16.6. The molecule has 0 amide bonds. The summed E-state index contributed by atoms with van der Waals surface area (Å²) in [4.78, 5) is 10.7. The molecule has 0 radical (unpaired) electrons. The van der Waals surface area contributed by atoms with Gasteiger partial charge in [0.05, 0.1) is 27.8 Å². The second-order valence-electron chi connectivity index (χ2n) is 23.8. The van der Waals surface area contributed by atoms with Crippen LogP contribution in [0.2, 0.25) is 0 Å². The molecule has 0 fully saturated rings. The van der Waals surface area contributed by atoms with Gasteiger partial charge in [-0.05, 0) is 109 Å². The SMILES string of the molecule is CC(C)(C)c1cc(-c2nc3c(-c4[c-]c(-n5c6ncccc6c6ccc7c(oc8ccc9c%10c(ccc9c87)C(C)(C)CC%10(C)C)c65)ccc4)cccc3n2-c2ccccc2-c2ccccc2)c(O)c(C(C)(C)C)c1.[Pt]. The molecule has 12 aromatic rings. The molecular formula is C67H59N4O2Pt-. The summed E-state index contributed by atoms with van der Waals surface area (Å²) in [5.41, 5.74) is 16.2. The van der Waals surface area contributed by atoms with E-state index < -0.39 is 0 Å². The molecule has 4 heterocycles. The molecule has 1 aliphatic rings. The molecule has 0 saturated heterocycles. The Balaban J connectivity index is 0.00000556. The molecule has 6 nitrogen and oxygen atoms in total. The Kier molecular flexibility index (Phi) is 10.7. The number of imidazole rings is 1. The minimum atomic E-state index is -0.336. The summed E-state index contributed by atoms with van der Waals surface area (Å²) in [5.74, 6) is 0.907. The number of rotatable bonds is 5. The predicted molar refractivity (Wildman–Crippen MR) is 303 cm³/mol.